The number of hydrogen-bond acceptors (Lipinski definition) is 1. The molecule has 74 valence electrons. The average molecular weight is 182 g/mol. The van der Waals surface area contributed by atoms with Crippen LogP contribution >= 0.6 is 0 Å². The van der Waals surface area contributed by atoms with E-state index in [1.165, 1.54) is 0 Å². The summed E-state index contributed by atoms with van der Waals surface area (Å²) in [5, 5.41) is 5.52. The molecule has 0 aliphatic rings. The first-order valence-corrected chi connectivity index (χ1v) is 4.41. The van der Waals surface area contributed by atoms with Crippen LogP contribution < -0.4 is 10.6 Å². The fourth-order valence-electron chi connectivity index (χ4n) is 0.748. The SMILES string of the molecule is CC#CCCNC(=O)NC(C)(C)C. The summed E-state index contributed by atoms with van der Waals surface area (Å²) in [6, 6.07) is -0.134. The summed E-state index contributed by atoms with van der Waals surface area (Å²) in [5.41, 5.74) is -0.180. The minimum Gasteiger partial charge on any atom is -0.337 e. The van der Waals surface area contributed by atoms with Gasteiger partial charge in [-0.05, 0) is 27.7 Å². The number of nitrogens with one attached hydrogen (secondary N) is 2. The van der Waals surface area contributed by atoms with Crippen molar-refractivity contribution in [3.8, 4) is 11.8 Å². The van der Waals surface area contributed by atoms with Crippen LogP contribution in [0.15, 0.2) is 0 Å². The number of amides is 2. The number of rotatable bonds is 2. The van der Waals surface area contributed by atoms with E-state index in [1.54, 1.807) is 6.92 Å². The number of carbonyl (C=O) groups is 1. The van der Waals surface area contributed by atoms with Gasteiger partial charge in [0.2, 0.25) is 0 Å². The molecule has 0 saturated carbocycles. The second kappa shape index (κ2) is 5.47. The second-order valence-electron chi connectivity index (χ2n) is 3.81. The van der Waals surface area contributed by atoms with E-state index in [0.29, 0.717) is 13.0 Å². The van der Waals surface area contributed by atoms with Crippen LogP contribution in [0.5, 0.6) is 0 Å². The van der Waals surface area contributed by atoms with Crippen molar-refractivity contribution in [3.05, 3.63) is 0 Å². The Morgan fingerprint density at radius 3 is 2.46 bits per heavy atom. The first kappa shape index (κ1) is 11.8. The molecule has 0 unspecified atom stereocenters. The predicted molar refractivity (Wildman–Crippen MR) is 54.4 cm³/mol. The zero-order valence-electron chi connectivity index (χ0n) is 8.82. The van der Waals surface area contributed by atoms with Gasteiger partial charge in [0, 0.05) is 18.5 Å². The van der Waals surface area contributed by atoms with Gasteiger partial charge in [0.1, 0.15) is 0 Å². The molecule has 0 heterocycles. The Labute approximate surface area is 80.3 Å². The van der Waals surface area contributed by atoms with Gasteiger partial charge in [-0.3, -0.25) is 0 Å². The molecule has 3 heteroatoms. The van der Waals surface area contributed by atoms with Crippen molar-refractivity contribution in [1.29, 1.82) is 0 Å². The molecule has 0 aromatic carbocycles. The summed E-state index contributed by atoms with van der Waals surface area (Å²) < 4.78 is 0. The average Bonchev–Trinajstić information content (AvgIpc) is 1.94. The second-order valence-corrected chi connectivity index (χ2v) is 3.81. The van der Waals surface area contributed by atoms with E-state index in [9.17, 15) is 4.79 Å². The molecule has 0 spiro atoms. The van der Waals surface area contributed by atoms with E-state index < -0.39 is 0 Å². The highest BCUT2D eigenvalue weighted by molar-refractivity contribution is 5.74. The lowest BCUT2D eigenvalue weighted by Crippen LogP contribution is -2.46. The van der Waals surface area contributed by atoms with Crippen LogP contribution in [0.25, 0.3) is 0 Å². The van der Waals surface area contributed by atoms with Gasteiger partial charge >= 0.3 is 6.03 Å². The topological polar surface area (TPSA) is 41.1 Å². The van der Waals surface area contributed by atoms with Crippen molar-refractivity contribution in [2.24, 2.45) is 0 Å². The zero-order chi connectivity index (χ0) is 10.3. The van der Waals surface area contributed by atoms with Crippen molar-refractivity contribution in [1.82, 2.24) is 10.6 Å². The Balaban J connectivity index is 3.56. The molecular formula is C10H18N2O. The molecule has 0 aromatic heterocycles. The maximum absolute atomic E-state index is 11.2. The lowest BCUT2D eigenvalue weighted by molar-refractivity contribution is 0.232. The van der Waals surface area contributed by atoms with Crippen molar-refractivity contribution < 1.29 is 4.79 Å². The van der Waals surface area contributed by atoms with E-state index in [0.717, 1.165) is 0 Å². The molecule has 0 aromatic rings. The van der Waals surface area contributed by atoms with Gasteiger partial charge in [-0.15, -0.1) is 11.8 Å². The normalized spacial score (nSPS) is 9.85. The summed E-state index contributed by atoms with van der Waals surface area (Å²) in [6.45, 7) is 8.22. The highest BCUT2D eigenvalue weighted by Gasteiger charge is 2.12. The third-order valence-electron chi connectivity index (χ3n) is 1.20. The molecule has 2 N–H and O–H groups in total. The largest absolute Gasteiger partial charge is 0.337 e. The van der Waals surface area contributed by atoms with Crippen LogP contribution in [0.2, 0.25) is 0 Å². The maximum Gasteiger partial charge on any atom is 0.315 e. The molecule has 0 aliphatic carbocycles. The van der Waals surface area contributed by atoms with Crippen LogP contribution in [0, 0.1) is 11.8 Å². The molecule has 0 atom stereocenters. The molecule has 2 amide bonds. The Bertz CT molecular complexity index is 217. The van der Waals surface area contributed by atoms with E-state index in [-0.39, 0.29) is 11.6 Å². The van der Waals surface area contributed by atoms with E-state index in [4.69, 9.17) is 0 Å². The van der Waals surface area contributed by atoms with Crippen molar-refractivity contribution in [2.45, 2.75) is 39.7 Å². The summed E-state index contributed by atoms with van der Waals surface area (Å²) >= 11 is 0. The summed E-state index contributed by atoms with van der Waals surface area (Å²) in [4.78, 5) is 11.2. The molecule has 0 rings (SSSR count). The van der Waals surface area contributed by atoms with Crippen LogP contribution in [-0.4, -0.2) is 18.1 Å². The predicted octanol–water partition coefficient (Wildman–Crippen LogP) is 1.50. The van der Waals surface area contributed by atoms with Gasteiger partial charge in [-0.1, -0.05) is 0 Å². The quantitative estimate of drug-likeness (QED) is 0.493. The first-order chi connectivity index (χ1) is 5.95. The standard InChI is InChI=1S/C10H18N2O/c1-5-6-7-8-11-9(13)12-10(2,3)4/h7-8H2,1-4H3,(H2,11,12,13). The highest BCUT2D eigenvalue weighted by atomic mass is 16.2. The number of carbonyl (C=O) groups excluding carboxylic acids is 1. The van der Waals surface area contributed by atoms with Gasteiger partial charge in [0.25, 0.3) is 0 Å². The van der Waals surface area contributed by atoms with Crippen molar-refractivity contribution in [2.75, 3.05) is 6.54 Å². The molecule has 0 saturated heterocycles. The smallest absolute Gasteiger partial charge is 0.315 e. The Kier molecular flexibility index (Phi) is 4.98. The zero-order valence-corrected chi connectivity index (χ0v) is 8.82. The minimum atomic E-state index is -0.180. The van der Waals surface area contributed by atoms with E-state index in [1.807, 2.05) is 20.8 Å². The van der Waals surface area contributed by atoms with Crippen LogP contribution in [0.3, 0.4) is 0 Å². The molecule has 0 radical (unpaired) electrons. The van der Waals surface area contributed by atoms with Crippen molar-refractivity contribution >= 4 is 6.03 Å². The molecule has 0 fully saturated rings. The van der Waals surface area contributed by atoms with Crippen LogP contribution in [-0.2, 0) is 0 Å². The minimum absolute atomic E-state index is 0.134. The molecule has 13 heavy (non-hydrogen) atoms. The van der Waals surface area contributed by atoms with Gasteiger partial charge < -0.3 is 10.6 Å². The van der Waals surface area contributed by atoms with Gasteiger partial charge in [-0.25, -0.2) is 4.79 Å². The maximum atomic E-state index is 11.2. The Morgan fingerprint density at radius 2 is 2.00 bits per heavy atom. The fourth-order valence-corrected chi connectivity index (χ4v) is 0.748. The van der Waals surface area contributed by atoms with Crippen LogP contribution in [0.1, 0.15) is 34.1 Å². The summed E-state index contributed by atoms with van der Waals surface area (Å²) in [6.07, 6.45) is 0.702. The van der Waals surface area contributed by atoms with E-state index in [2.05, 4.69) is 22.5 Å². The summed E-state index contributed by atoms with van der Waals surface area (Å²) in [7, 11) is 0. The highest BCUT2D eigenvalue weighted by Crippen LogP contribution is 1.96. The third-order valence-corrected chi connectivity index (χ3v) is 1.20. The lowest BCUT2D eigenvalue weighted by atomic mass is 10.1. The third kappa shape index (κ3) is 8.74. The van der Waals surface area contributed by atoms with Gasteiger partial charge in [0.05, 0.1) is 0 Å². The van der Waals surface area contributed by atoms with Crippen molar-refractivity contribution in [3.63, 3.8) is 0 Å². The molecular weight excluding hydrogens is 164 g/mol. The van der Waals surface area contributed by atoms with Gasteiger partial charge in [0.15, 0.2) is 0 Å². The van der Waals surface area contributed by atoms with E-state index >= 15 is 0 Å². The molecule has 0 aliphatic heterocycles. The Hall–Kier alpha value is -1.17. The van der Waals surface area contributed by atoms with Crippen LogP contribution in [0.4, 0.5) is 4.79 Å². The molecule has 0 bridgehead atoms. The lowest BCUT2D eigenvalue weighted by Gasteiger charge is -2.20. The first-order valence-electron chi connectivity index (χ1n) is 4.41. The Morgan fingerprint density at radius 1 is 1.38 bits per heavy atom. The number of hydrogen-bond donors (Lipinski definition) is 2. The molecule has 3 nitrogen and oxygen atoms in total. The fraction of sp³-hybridized carbons (Fsp3) is 0.700. The number of urea groups is 1. The monoisotopic (exact) mass is 182 g/mol. The van der Waals surface area contributed by atoms with Gasteiger partial charge in [-0.2, -0.15) is 0 Å². The summed E-state index contributed by atoms with van der Waals surface area (Å²) in [5.74, 6) is 5.64.